The number of carbonyl (C=O) groups excluding carboxylic acids is 1. The first-order chi connectivity index (χ1) is 10.1. The summed E-state index contributed by atoms with van der Waals surface area (Å²) < 4.78 is 15.6. The molecule has 0 atom stereocenters. The van der Waals surface area contributed by atoms with E-state index in [-0.39, 0.29) is 5.78 Å². The Morgan fingerprint density at radius 1 is 0.952 bits per heavy atom. The maximum atomic E-state index is 12.8. The standard InChI is InChI=1S/C16H17NO4/c1-19-10-7-8-13(20-2)11(9-10)16(18)15-12(17)5-4-6-14(15)21-3/h4-9H,17H2,1-3H3. The monoisotopic (exact) mass is 287 g/mol. The van der Waals surface area contributed by atoms with Gasteiger partial charge in [0.2, 0.25) is 5.78 Å². The average Bonchev–Trinajstić information content (AvgIpc) is 2.53. The minimum atomic E-state index is -0.277. The van der Waals surface area contributed by atoms with Crippen molar-refractivity contribution < 1.29 is 19.0 Å². The van der Waals surface area contributed by atoms with Crippen LogP contribution in [0.2, 0.25) is 0 Å². The highest BCUT2D eigenvalue weighted by Gasteiger charge is 2.21. The van der Waals surface area contributed by atoms with E-state index in [1.165, 1.54) is 21.3 Å². The van der Waals surface area contributed by atoms with Crippen molar-refractivity contribution in [1.29, 1.82) is 0 Å². The first-order valence-corrected chi connectivity index (χ1v) is 6.31. The van der Waals surface area contributed by atoms with Crippen LogP contribution in [-0.4, -0.2) is 27.1 Å². The average molecular weight is 287 g/mol. The van der Waals surface area contributed by atoms with Crippen molar-refractivity contribution in [3.8, 4) is 17.2 Å². The highest BCUT2D eigenvalue weighted by atomic mass is 16.5. The molecule has 2 rings (SSSR count). The quantitative estimate of drug-likeness (QED) is 0.676. The lowest BCUT2D eigenvalue weighted by molar-refractivity contribution is 0.103. The normalized spacial score (nSPS) is 10.0. The van der Waals surface area contributed by atoms with E-state index in [2.05, 4.69) is 0 Å². The highest BCUT2D eigenvalue weighted by Crippen LogP contribution is 2.32. The predicted molar refractivity (Wildman–Crippen MR) is 80.4 cm³/mol. The van der Waals surface area contributed by atoms with Crippen molar-refractivity contribution in [2.75, 3.05) is 27.1 Å². The van der Waals surface area contributed by atoms with Gasteiger partial charge in [-0.25, -0.2) is 0 Å². The first kappa shape index (κ1) is 14.7. The molecule has 0 fully saturated rings. The minimum Gasteiger partial charge on any atom is -0.497 e. The molecular formula is C16H17NO4. The molecule has 0 aliphatic carbocycles. The number of nitrogens with two attached hydrogens (primary N) is 1. The third-order valence-corrected chi connectivity index (χ3v) is 3.16. The van der Waals surface area contributed by atoms with Crippen molar-refractivity contribution in [2.24, 2.45) is 0 Å². The topological polar surface area (TPSA) is 70.8 Å². The summed E-state index contributed by atoms with van der Waals surface area (Å²) in [6.45, 7) is 0. The van der Waals surface area contributed by atoms with Gasteiger partial charge in [0.1, 0.15) is 17.2 Å². The number of rotatable bonds is 5. The van der Waals surface area contributed by atoms with E-state index in [1.54, 1.807) is 36.4 Å². The lowest BCUT2D eigenvalue weighted by atomic mass is 9.99. The molecule has 0 bridgehead atoms. The van der Waals surface area contributed by atoms with E-state index in [4.69, 9.17) is 19.9 Å². The van der Waals surface area contributed by atoms with Gasteiger partial charge in [0, 0.05) is 5.69 Å². The zero-order valence-corrected chi connectivity index (χ0v) is 12.2. The van der Waals surface area contributed by atoms with Gasteiger partial charge in [-0.2, -0.15) is 0 Å². The summed E-state index contributed by atoms with van der Waals surface area (Å²) in [4.78, 5) is 12.8. The molecule has 2 aromatic rings. The number of benzene rings is 2. The maximum absolute atomic E-state index is 12.8. The van der Waals surface area contributed by atoms with Gasteiger partial charge in [-0.15, -0.1) is 0 Å². The van der Waals surface area contributed by atoms with Crippen LogP contribution in [0.25, 0.3) is 0 Å². The molecule has 0 heterocycles. The molecule has 0 radical (unpaired) electrons. The summed E-state index contributed by atoms with van der Waals surface area (Å²) in [5, 5.41) is 0. The largest absolute Gasteiger partial charge is 0.497 e. The van der Waals surface area contributed by atoms with E-state index >= 15 is 0 Å². The van der Waals surface area contributed by atoms with E-state index in [1.807, 2.05) is 0 Å². The van der Waals surface area contributed by atoms with Crippen molar-refractivity contribution >= 4 is 11.5 Å². The molecule has 2 aromatic carbocycles. The molecule has 0 aromatic heterocycles. The molecule has 110 valence electrons. The first-order valence-electron chi connectivity index (χ1n) is 6.31. The van der Waals surface area contributed by atoms with Crippen LogP contribution >= 0.6 is 0 Å². The van der Waals surface area contributed by atoms with Gasteiger partial charge >= 0.3 is 0 Å². The van der Waals surface area contributed by atoms with Gasteiger partial charge < -0.3 is 19.9 Å². The zero-order valence-electron chi connectivity index (χ0n) is 12.2. The van der Waals surface area contributed by atoms with E-state index < -0.39 is 0 Å². The van der Waals surface area contributed by atoms with E-state index in [0.29, 0.717) is 34.1 Å². The molecule has 21 heavy (non-hydrogen) atoms. The fraction of sp³-hybridized carbons (Fsp3) is 0.188. The maximum Gasteiger partial charge on any atom is 0.202 e. The van der Waals surface area contributed by atoms with Crippen LogP contribution in [0.15, 0.2) is 36.4 Å². The Bertz CT molecular complexity index is 667. The molecule has 0 spiro atoms. The Morgan fingerprint density at radius 2 is 1.67 bits per heavy atom. The van der Waals surface area contributed by atoms with Crippen LogP contribution in [0.3, 0.4) is 0 Å². The fourth-order valence-electron chi connectivity index (χ4n) is 2.09. The van der Waals surface area contributed by atoms with Crippen molar-refractivity contribution in [3.63, 3.8) is 0 Å². The number of ether oxygens (including phenoxy) is 3. The number of methoxy groups -OCH3 is 3. The van der Waals surface area contributed by atoms with E-state index in [0.717, 1.165) is 0 Å². The number of anilines is 1. The summed E-state index contributed by atoms with van der Waals surface area (Å²) >= 11 is 0. The van der Waals surface area contributed by atoms with Crippen LogP contribution in [0.4, 0.5) is 5.69 Å². The molecular weight excluding hydrogens is 270 g/mol. The van der Waals surface area contributed by atoms with Crippen LogP contribution in [0.1, 0.15) is 15.9 Å². The second-order valence-electron chi connectivity index (χ2n) is 4.32. The molecule has 5 nitrogen and oxygen atoms in total. The van der Waals surface area contributed by atoms with Crippen LogP contribution < -0.4 is 19.9 Å². The molecule has 2 N–H and O–H groups in total. The van der Waals surface area contributed by atoms with Gasteiger partial charge in [-0.1, -0.05) is 6.07 Å². The van der Waals surface area contributed by atoms with Crippen molar-refractivity contribution in [2.45, 2.75) is 0 Å². The van der Waals surface area contributed by atoms with Gasteiger partial charge in [0.15, 0.2) is 0 Å². The van der Waals surface area contributed by atoms with Gasteiger partial charge in [0.25, 0.3) is 0 Å². The summed E-state index contributed by atoms with van der Waals surface area (Å²) in [5.41, 5.74) is 6.96. The van der Waals surface area contributed by atoms with E-state index in [9.17, 15) is 4.79 Å². The number of nitrogen functional groups attached to an aromatic ring is 1. The second-order valence-corrected chi connectivity index (χ2v) is 4.32. The predicted octanol–water partition coefficient (Wildman–Crippen LogP) is 2.53. The molecule has 0 saturated carbocycles. The Labute approximate surface area is 123 Å². The molecule has 0 amide bonds. The molecule has 0 aliphatic heterocycles. The molecule has 0 unspecified atom stereocenters. The molecule has 5 heteroatoms. The zero-order chi connectivity index (χ0) is 15.4. The number of hydrogen-bond donors (Lipinski definition) is 1. The number of hydrogen-bond acceptors (Lipinski definition) is 5. The van der Waals surface area contributed by atoms with Crippen molar-refractivity contribution in [1.82, 2.24) is 0 Å². The summed E-state index contributed by atoms with van der Waals surface area (Å²) in [6.07, 6.45) is 0. The molecule has 0 aliphatic rings. The third-order valence-electron chi connectivity index (χ3n) is 3.16. The van der Waals surface area contributed by atoms with Crippen LogP contribution in [-0.2, 0) is 0 Å². The van der Waals surface area contributed by atoms with Crippen LogP contribution in [0, 0.1) is 0 Å². The Kier molecular flexibility index (Phi) is 4.33. The van der Waals surface area contributed by atoms with Crippen molar-refractivity contribution in [3.05, 3.63) is 47.5 Å². The number of carbonyl (C=O) groups is 1. The third kappa shape index (κ3) is 2.76. The fourth-order valence-corrected chi connectivity index (χ4v) is 2.09. The molecule has 0 saturated heterocycles. The Hall–Kier alpha value is -2.69. The number of ketones is 1. The minimum absolute atomic E-state index is 0.277. The second kappa shape index (κ2) is 6.17. The Morgan fingerprint density at radius 3 is 2.29 bits per heavy atom. The van der Waals surface area contributed by atoms with Crippen LogP contribution in [0.5, 0.6) is 17.2 Å². The SMILES string of the molecule is COc1ccc(OC)c(C(=O)c2c(N)cccc2OC)c1. The Balaban J connectivity index is 2.59. The lowest BCUT2D eigenvalue weighted by Crippen LogP contribution is -2.09. The summed E-state index contributed by atoms with van der Waals surface area (Å²) in [7, 11) is 4.53. The van der Waals surface area contributed by atoms with Gasteiger partial charge in [-0.05, 0) is 30.3 Å². The van der Waals surface area contributed by atoms with Gasteiger partial charge in [-0.3, -0.25) is 4.79 Å². The van der Waals surface area contributed by atoms with Gasteiger partial charge in [0.05, 0.1) is 32.5 Å². The summed E-state index contributed by atoms with van der Waals surface area (Å²) in [6, 6.07) is 10.1. The summed E-state index contributed by atoms with van der Waals surface area (Å²) in [5.74, 6) is 1.16. The highest BCUT2D eigenvalue weighted by molar-refractivity contribution is 6.15. The lowest BCUT2D eigenvalue weighted by Gasteiger charge is -2.13. The smallest absolute Gasteiger partial charge is 0.202 e.